The van der Waals surface area contributed by atoms with Crippen LogP contribution in [0.2, 0.25) is 0 Å². The van der Waals surface area contributed by atoms with Crippen molar-refractivity contribution >= 4 is 35.3 Å². The molecule has 1 saturated heterocycles. The molecule has 1 aromatic carbocycles. The Bertz CT molecular complexity index is 1160. The first kappa shape index (κ1) is 29.0. The Balaban J connectivity index is 1.55. The summed E-state index contributed by atoms with van der Waals surface area (Å²) in [6, 6.07) is 9.25. The molecule has 9 nitrogen and oxygen atoms in total. The fraction of sp³-hybridized carbons (Fsp3) is 0.440. The molecule has 1 fully saturated rings. The quantitative estimate of drug-likeness (QED) is 0.350. The Morgan fingerprint density at radius 1 is 1.16 bits per heavy atom. The van der Waals surface area contributed by atoms with Crippen LogP contribution in [-0.2, 0) is 27.4 Å². The van der Waals surface area contributed by atoms with Gasteiger partial charge in [-0.3, -0.25) is 20.4 Å². The van der Waals surface area contributed by atoms with Crippen molar-refractivity contribution < 1.29 is 37.0 Å². The molecule has 1 aliphatic rings. The summed E-state index contributed by atoms with van der Waals surface area (Å²) in [5, 5.41) is 14.6. The lowest BCUT2D eigenvalue weighted by atomic mass is 10.0. The van der Waals surface area contributed by atoms with Gasteiger partial charge >= 0.3 is 18.4 Å². The van der Waals surface area contributed by atoms with Crippen molar-refractivity contribution in [1.82, 2.24) is 15.5 Å². The number of amidine groups is 1. The maximum absolute atomic E-state index is 13.4. The van der Waals surface area contributed by atoms with Gasteiger partial charge in [-0.2, -0.15) is 13.2 Å². The second-order valence-corrected chi connectivity index (χ2v) is 10.7. The number of nitrogens with one attached hydrogen (secondary N) is 3. The summed E-state index contributed by atoms with van der Waals surface area (Å²) in [7, 11) is 0. The number of alkyl halides is 3. The number of likely N-dealkylation sites (tertiary alicyclic amines) is 1. The number of benzene rings is 1. The van der Waals surface area contributed by atoms with E-state index in [1.807, 2.05) is 6.07 Å². The number of amides is 3. The maximum atomic E-state index is 13.4. The van der Waals surface area contributed by atoms with Crippen LogP contribution in [0.5, 0.6) is 0 Å². The van der Waals surface area contributed by atoms with Crippen LogP contribution in [0.15, 0.2) is 41.8 Å². The molecule has 1 aliphatic heterocycles. The van der Waals surface area contributed by atoms with Crippen LogP contribution in [0, 0.1) is 11.3 Å². The molecule has 0 radical (unpaired) electrons. The number of carbonyl (C=O) groups excluding carboxylic acids is 3. The van der Waals surface area contributed by atoms with Gasteiger partial charge in [-0.05, 0) is 38.8 Å². The molecule has 3 rings (SSSR count). The van der Waals surface area contributed by atoms with Gasteiger partial charge in [0.1, 0.15) is 24.1 Å². The van der Waals surface area contributed by atoms with Crippen molar-refractivity contribution in [2.45, 2.75) is 58.2 Å². The van der Waals surface area contributed by atoms with E-state index in [0.717, 1.165) is 10.5 Å². The van der Waals surface area contributed by atoms with Crippen molar-refractivity contribution in [2.75, 3.05) is 6.54 Å². The lowest BCUT2D eigenvalue weighted by molar-refractivity contribution is -0.170. The van der Waals surface area contributed by atoms with Gasteiger partial charge in [0.25, 0.3) is 0 Å². The zero-order valence-electron chi connectivity index (χ0n) is 21.1. The molecule has 0 unspecified atom stereocenters. The number of nitrogens with zero attached hydrogens (tertiary/aromatic N) is 1. The number of alkyl carbamates (subject to hydrolysis) is 1. The number of ether oxygens (including phenoxy) is 2. The minimum absolute atomic E-state index is 0.0371. The van der Waals surface area contributed by atoms with E-state index in [-0.39, 0.29) is 19.0 Å². The fourth-order valence-corrected chi connectivity index (χ4v) is 4.49. The van der Waals surface area contributed by atoms with E-state index in [0.29, 0.717) is 10.4 Å². The summed E-state index contributed by atoms with van der Waals surface area (Å²) in [4.78, 5) is 38.7. The van der Waals surface area contributed by atoms with Crippen LogP contribution in [-0.4, -0.2) is 53.2 Å². The van der Waals surface area contributed by atoms with Crippen molar-refractivity contribution in [3.8, 4) is 0 Å². The molecule has 0 saturated carbocycles. The van der Waals surface area contributed by atoms with Gasteiger partial charge < -0.3 is 14.8 Å². The zero-order chi connectivity index (χ0) is 28.1. The molecule has 0 aliphatic carbocycles. The third-order valence-electron chi connectivity index (χ3n) is 5.51. The second-order valence-electron chi connectivity index (χ2n) is 9.70. The average molecular weight is 555 g/mol. The van der Waals surface area contributed by atoms with Gasteiger partial charge in [0, 0.05) is 22.4 Å². The van der Waals surface area contributed by atoms with E-state index in [1.165, 1.54) is 11.3 Å². The number of rotatable bonds is 6. The monoisotopic (exact) mass is 554 g/mol. The molecular weight excluding hydrogens is 525 g/mol. The molecule has 1 aromatic heterocycles. The Labute approximate surface area is 221 Å². The number of hydrogen-bond donors (Lipinski definition) is 3. The highest BCUT2D eigenvalue weighted by Gasteiger charge is 2.51. The molecular formula is C25H29F3N4O5S. The lowest BCUT2D eigenvalue weighted by Crippen LogP contribution is -2.47. The summed E-state index contributed by atoms with van der Waals surface area (Å²) < 4.78 is 50.4. The van der Waals surface area contributed by atoms with Gasteiger partial charge in [0.15, 0.2) is 0 Å². The maximum Gasteiger partial charge on any atom is 0.413 e. The van der Waals surface area contributed by atoms with E-state index < -0.39 is 54.8 Å². The van der Waals surface area contributed by atoms with Crippen LogP contribution >= 0.6 is 11.3 Å². The standard InChI is InChI=1S/C25H29F3N4O5S/c1-24(2,3)37-23(35)32-12-17(25(26,27)28)10-19(32)21(33)30-11-18-9-16(14-38-18)20(29)31-22(34)36-13-15-7-5-4-6-8-15/h4-9,14,17,19H,10-13H2,1-3H3,(H,30,33)(H2,29,31,34)/t17-,19+/m1/s1. The first-order valence-electron chi connectivity index (χ1n) is 11.7. The van der Waals surface area contributed by atoms with E-state index >= 15 is 0 Å². The van der Waals surface area contributed by atoms with E-state index in [9.17, 15) is 27.6 Å². The topological polar surface area (TPSA) is 121 Å². The Kier molecular flexibility index (Phi) is 9.02. The van der Waals surface area contributed by atoms with Crippen molar-refractivity contribution in [2.24, 2.45) is 5.92 Å². The highest BCUT2D eigenvalue weighted by atomic mass is 32.1. The smallest absolute Gasteiger partial charge is 0.413 e. The number of hydrogen-bond acceptors (Lipinski definition) is 7. The van der Waals surface area contributed by atoms with Crippen molar-refractivity contribution in [3.05, 3.63) is 57.8 Å². The van der Waals surface area contributed by atoms with Crippen molar-refractivity contribution in [3.63, 3.8) is 0 Å². The van der Waals surface area contributed by atoms with Crippen molar-refractivity contribution in [1.29, 1.82) is 5.41 Å². The van der Waals surface area contributed by atoms with E-state index in [2.05, 4.69) is 10.6 Å². The summed E-state index contributed by atoms with van der Waals surface area (Å²) in [5.74, 6) is -2.79. The Morgan fingerprint density at radius 2 is 1.84 bits per heavy atom. The Hall–Kier alpha value is -3.61. The summed E-state index contributed by atoms with van der Waals surface area (Å²) in [6.07, 6.45) is -6.92. The normalized spacial score (nSPS) is 17.6. The van der Waals surface area contributed by atoms with E-state index in [1.54, 1.807) is 56.5 Å². The van der Waals surface area contributed by atoms with Gasteiger partial charge in [0.2, 0.25) is 5.91 Å². The van der Waals surface area contributed by atoms with Gasteiger partial charge in [-0.25, -0.2) is 9.59 Å². The average Bonchev–Trinajstić information content (AvgIpc) is 3.49. The first-order chi connectivity index (χ1) is 17.7. The van der Waals surface area contributed by atoms with Crippen LogP contribution in [0.25, 0.3) is 0 Å². The minimum Gasteiger partial charge on any atom is -0.444 e. The van der Waals surface area contributed by atoms with Crippen LogP contribution < -0.4 is 10.6 Å². The minimum atomic E-state index is -4.56. The molecule has 13 heteroatoms. The summed E-state index contributed by atoms with van der Waals surface area (Å²) in [5.41, 5.74) is 0.218. The molecule has 2 atom stereocenters. The van der Waals surface area contributed by atoms with Gasteiger partial charge in [-0.15, -0.1) is 11.3 Å². The largest absolute Gasteiger partial charge is 0.444 e. The molecule has 3 amide bonds. The van der Waals surface area contributed by atoms with Crippen LogP contribution in [0.3, 0.4) is 0 Å². The highest BCUT2D eigenvalue weighted by molar-refractivity contribution is 7.10. The predicted molar refractivity (Wildman–Crippen MR) is 134 cm³/mol. The molecule has 206 valence electrons. The molecule has 0 spiro atoms. The molecule has 0 bridgehead atoms. The summed E-state index contributed by atoms with van der Waals surface area (Å²) in [6.45, 7) is 4.09. The van der Waals surface area contributed by atoms with Crippen LogP contribution in [0.1, 0.15) is 43.2 Å². The molecule has 38 heavy (non-hydrogen) atoms. The second kappa shape index (κ2) is 11.8. The number of carbonyl (C=O) groups is 3. The third-order valence-corrected chi connectivity index (χ3v) is 6.45. The third kappa shape index (κ3) is 8.20. The first-order valence-corrected chi connectivity index (χ1v) is 12.6. The summed E-state index contributed by atoms with van der Waals surface area (Å²) >= 11 is 1.19. The molecule has 2 heterocycles. The Morgan fingerprint density at radius 3 is 2.47 bits per heavy atom. The van der Waals surface area contributed by atoms with Gasteiger partial charge in [-0.1, -0.05) is 30.3 Å². The highest BCUT2D eigenvalue weighted by Crippen LogP contribution is 2.37. The van der Waals surface area contributed by atoms with Crippen LogP contribution in [0.4, 0.5) is 22.8 Å². The number of thiophene rings is 1. The lowest BCUT2D eigenvalue weighted by Gasteiger charge is -2.28. The van der Waals surface area contributed by atoms with Gasteiger partial charge in [0.05, 0.1) is 12.5 Å². The fourth-order valence-electron chi connectivity index (χ4n) is 3.67. The number of halogens is 3. The SMILES string of the molecule is CC(C)(C)OC(=O)N1C[C@H](C(F)(F)F)C[C@H]1C(=O)NCc1cc(C(=N)NC(=O)OCc2ccccc2)cs1. The molecule has 2 aromatic rings. The van der Waals surface area contributed by atoms with E-state index in [4.69, 9.17) is 14.9 Å². The predicted octanol–water partition coefficient (Wildman–Crippen LogP) is 4.80. The zero-order valence-corrected chi connectivity index (χ0v) is 21.9. The molecule has 3 N–H and O–H groups in total.